The molecule has 1 aromatic carbocycles. The van der Waals surface area contributed by atoms with E-state index in [1.807, 2.05) is 25.3 Å². The van der Waals surface area contributed by atoms with Crippen molar-refractivity contribution in [1.29, 1.82) is 0 Å². The van der Waals surface area contributed by atoms with Crippen LogP contribution in [-0.4, -0.2) is 52.6 Å². The number of aryl methyl sites for hydroxylation is 1. The number of amides is 1. The Morgan fingerprint density at radius 2 is 1.82 bits per heavy atom. The van der Waals surface area contributed by atoms with Gasteiger partial charge in [-0.1, -0.05) is 11.8 Å². The number of aromatic nitrogens is 3. The SMILES string of the molecule is COC(=O)c1ccc(C(=O)OC)c(NC(=O)CSc2nnc(C)n2C(C)C)c1. The first-order valence-corrected chi connectivity index (χ1v) is 9.41. The van der Waals surface area contributed by atoms with E-state index < -0.39 is 11.9 Å². The van der Waals surface area contributed by atoms with Crippen LogP contribution in [0.1, 0.15) is 46.4 Å². The van der Waals surface area contributed by atoms with Gasteiger partial charge in [0, 0.05) is 6.04 Å². The van der Waals surface area contributed by atoms with Gasteiger partial charge >= 0.3 is 11.9 Å². The molecule has 0 unspecified atom stereocenters. The highest BCUT2D eigenvalue weighted by Gasteiger charge is 2.19. The first-order valence-electron chi connectivity index (χ1n) is 8.43. The van der Waals surface area contributed by atoms with Gasteiger partial charge < -0.3 is 19.4 Å². The minimum Gasteiger partial charge on any atom is -0.465 e. The zero-order valence-corrected chi connectivity index (χ0v) is 17.1. The largest absolute Gasteiger partial charge is 0.465 e. The fourth-order valence-corrected chi connectivity index (χ4v) is 3.45. The van der Waals surface area contributed by atoms with Crippen molar-refractivity contribution in [2.24, 2.45) is 0 Å². The Morgan fingerprint density at radius 1 is 1.14 bits per heavy atom. The van der Waals surface area contributed by atoms with Crippen LogP contribution in [0.2, 0.25) is 0 Å². The van der Waals surface area contributed by atoms with Crippen LogP contribution in [0.15, 0.2) is 23.4 Å². The van der Waals surface area contributed by atoms with E-state index in [1.54, 1.807) is 0 Å². The fourth-order valence-electron chi connectivity index (χ4n) is 2.54. The number of benzene rings is 1. The third kappa shape index (κ3) is 4.89. The molecule has 0 aliphatic carbocycles. The van der Waals surface area contributed by atoms with Gasteiger partial charge in [-0.25, -0.2) is 9.59 Å². The van der Waals surface area contributed by atoms with Gasteiger partial charge in [0.25, 0.3) is 0 Å². The summed E-state index contributed by atoms with van der Waals surface area (Å²) >= 11 is 1.23. The van der Waals surface area contributed by atoms with Crippen molar-refractivity contribution in [3.8, 4) is 0 Å². The third-order valence-corrected chi connectivity index (χ3v) is 4.75. The summed E-state index contributed by atoms with van der Waals surface area (Å²) in [6.45, 7) is 5.85. The molecule has 0 aliphatic rings. The minimum atomic E-state index is -0.630. The average molecular weight is 406 g/mol. The van der Waals surface area contributed by atoms with E-state index in [4.69, 9.17) is 4.74 Å². The molecular weight excluding hydrogens is 384 g/mol. The van der Waals surface area contributed by atoms with E-state index in [9.17, 15) is 14.4 Å². The maximum Gasteiger partial charge on any atom is 0.339 e. The molecule has 0 saturated heterocycles. The summed E-state index contributed by atoms with van der Waals surface area (Å²) in [5.41, 5.74) is 0.504. The van der Waals surface area contributed by atoms with Crippen LogP contribution in [0.3, 0.4) is 0 Å². The highest BCUT2D eigenvalue weighted by atomic mass is 32.2. The summed E-state index contributed by atoms with van der Waals surface area (Å²) in [6, 6.07) is 4.36. The predicted octanol–water partition coefficient (Wildman–Crippen LogP) is 2.47. The number of carbonyl (C=O) groups excluding carboxylic acids is 3. The summed E-state index contributed by atoms with van der Waals surface area (Å²) in [4.78, 5) is 36.1. The van der Waals surface area contributed by atoms with Crippen molar-refractivity contribution >= 4 is 35.3 Å². The number of anilines is 1. The molecule has 0 fully saturated rings. The number of ether oxygens (including phenoxy) is 2. The van der Waals surface area contributed by atoms with E-state index in [0.29, 0.717) is 5.16 Å². The van der Waals surface area contributed by atoms with Gasteiger partial charge in [-0.05, 0) is 39.0 Å². The highest BCUT2D eigenvalue weighted by Crippen LogP contribution is 2.23. The lowest BCUT2D eigenvalue weighted by Gasteiger charge is -2.13. The molecule has 9 nitrogen and oxygen atoms in total. The summed E-state index contributed by atoms with van der Waals surface area (Å²) in [6.07, 6.45) is 0. The van der Waals surface area contributed by atoms with Crippen LogP contribution < -0.4 is 5.32 Å². The van der Waals surface area contributed by atoms with Crippen molar-refractivity contribution in [2.75, 3.05) is 25.3 Å². The highest BCUT2D eigenvalue weighted by molar-refractivity contribution is 7.99. The fraction of sp³-hybridized carbons (Fsp3) is 0.389. The molecule has 0 saturated carbocycles. The molecular formula is C18H22N4O5S. The number of thioether (sulfide) groups is 1. The Balaban J connectivity index is 2.18. The lowest BCUT2D eigenvalue weighted by atomic mass is 10.1. The van der Waals surface area contributed by atoms with Gasteiger partial charge in [-0.15, -0.1) is 10.2 Å². The number of esters is 2. The Hall–Kier alpha value is -2.88. The van der Waals surface area contributed by atoms with Crippen LogP contribution in [-0.2, 0) is 14.3 Å². The van der Waals surface area contributed by atoms with Crippen LogP contribution >= 0.6 is 11.8 Å². The van der Waals surface area contributed by atoms with E-state index in [-0.39, 0.29) is 34.5 Å². The maximum atomic E-state index is 12.4. The molecule has 1 heterocycles. The number of hydrogen-bond acceptors (Lipinski definition) is 8. The second-order valence-electron chi connectivity index (χ2n) is 6.07. The molecule has 1 aromatic heterocycles. The molecule has 0 spiro atoms. The Kier molecular flexibility index (Phi) is 7.16. The first kappa shape index (κ1) is 21.4. The molecule has 0 radical (unpaired) electrons. The van der Waals surface area contributed by atoms with Crippen LogP contribution in [0.5, 0.6) is 0 Å². The summed E-state index contributed by atoms with van der Waals surface area (Å²) in [7, 11) is 2.48. The van der Waals surface area contributed by atoms with Gasteiger partial charge in [-0.3, -0.25) is 4.79 Å². The normalized spacial score (nSPS) is 10.6. The van der Waals surface area contributed by atoms with Gasteiger partial charge in [0.1, 0.15) is 5.82 Å². The van der Waals surface area contributed by atoms with E-state index in [0.717, 1.165) is 5.82 Å². The molecule has 150 valence electrons. The predicted molar refractivity (Wildman–Crippen MR) is 104 cm³/mol. The molecule has 10 heteroatoms. The third-order valence-electron chi connectivity index (χ3n) is 3.80. The van der Waals surface area contributed by atoms with Gasteiger partial charge in [0.2, 0.25) is 5.91 Å². The number of nitrogens with zero attached hydrogens (tertiary/aromatic N) is 3. The Morgan fingerprint density at radius 3 is 2.43 bits per heavy atom. The molecule has 2 rings (SSSR count). The summed E-state index contributed by atoms with van der Waals surface area (Å²) < 4.78 is 11.3. The quantitative estimate of drug-likeness (QED) is 0.551. The minimum absolute atomic E-state index is 0.0495. The topological polar surface area (TPSA) is 112 Å². The second-order valence-corrected chi connectivity index (χ2v) is 7.02. The second kappa shape index (κ2) is 9.36. The number of carbonyl (C=O) groups is 3. The monoisotopic (exact) mass is 406 g/mol. The molecule has 0 bridgehead atoms. The lowest BCUT2D eigenvalue weighted by Crippen LogP contribution is -2.18. The molecule has 2 aromatic rings. The van der Waals surface area contributed by atoms with Crippen LogP contribution in [0.4, 0.5) is 5.69 Å². The van der Waals surface area contributed by atoms with Crippen LogP contribution in [0, 0.1) is 6.92 Å². The zero-order chi connectivity index (χ0) is 20.8. The standard InChI is InChI=1S/C18H22N4O5S/c1-10(2)22-11(3)20-21-18(22)28-9-15(23)19-14-8-12(16(24)26-4)6-7-13(14)17(25)27-5/h6-8,10H,9H2,1-5H3,(H,19,23). The van der Waals surface area contributed by atoms with Crippen molar-refractivity contribution in [3.63, 3.8) is 0 Å². The summed E-state index contributed by atoms with van der Waals surface area (Å²) in [5, 5.41) is 11.4. The van der Waals surface area contributed by atoms with Crippen LogP contribution in [0.25, 0.3) is 0 Å². The average Bonchev–Trinajstić information content (AvgIpc) is 3.05. The van der Waals surface area contributed by atoms with Gasteiger partial charge in [-0.2, -0.15) is 0 Å². The van der Waals surface area contributed by atoms with E-state index >= 15 is 0 Å². The van der Waals surface area contributed by atoms with Crippen molar-refractivity contribution in [2.45, 2.75) is 32.0 Å². The van der Waals surface area contributed by atoms with Gasteiger partial charge in [0.15, 0.2) is 5.16 Å². The molecule has 1 N–H and O–H groups in total. The first-order chi connectivity index (χ1) is 13.3. The Labute approximate surface area is 166 Å². The number of hydrogen-bond donors (Lipinski definition) is 1. The number of methoxy groups -OCH3 is 2. The molecule has 0 aliphatic heterocycles. The lowest BCUT2D eigenvalue weighted by molar-refractivity contribution is -0.113. The Bertz CT molecular complexity index is 894. The number of rotatable bonds is 7. The van der Waals surface area contributed by atoms with Crippen molar-refractivity contribution < 1.29 is 23.9 Å². The molecule has 0 atom stereocenters. The van der Waals surface area contributed by atoms with E-state index in [2.05, 4.69) is 20.3 Å². The molecule has 1 amide bonds. The van der Waals surface area contributed by atoms with Gasteiger partial charge in [0.05, 0.1) is 36.8 Å². The summed E-state index contributed by atoms with van der Waals surface area (Å²) in [5.74, 6) is -0.769. The maximum absolute atomic E-state index is 12.4. The zero-order valence-electron chi connectivity index (χ0n) is 16.3. The van der Waals surface area contributed by atoms with E-state index in [1.165, 1.54) is 44.2 Å². The number of nitrogens with one attached hydrogen (secondary N) is 1. The van der Waals surface area contributed by atoms with Crippen molar-refractivity contribution in [1.82, 2.24) is 14.8 Å². The van der Waals surface area contributed by atoms with Crippen molar-refractivity contribution in [3.05, 3.63) is 35.2 Å². The molecule has 28 heavy (non-hydrogen) atoms. The smallest absolute Gasteiger partial charge is 0.339 e.